The van der Waals surface area contributed by atoms with Crippen LogP contribution in [0.1, 0.15) is 32.1 Å². The zero-order chi connectivity index (χ0) is 21.6. The molecule has 0 bridgehead atoms. The molecule has 0 aliphatic rings. The predicted molar refractivity (Wildman–Crippen MR) is 114 cm³/mol. The Hall–Kier alpha value is -2.80. The van der Waals surface area contributed by atoms with Gasteiger partial charge in [-0.05, 0) is 35.9 Å². The number of nitrogens with zero attached hydrogens (tertiary/aromatic N) is 2. The fourth-order valence-corrected chi connectivity index (χ4v) is 3.02. The van der Waals surface area contributed by atoms with Gasteiger partial charge in [0.05, 0.1) is 12.8 Å². The second kappa shape index (κ2) is 9.60. The number of amides is 2. The number of methoxy groups -OCH3 is 1. The molecule has 0 saturated heterocycles. The summed E-state index contributed by atoms with van der Waals surface area (Å²) in [5, 5.41) is 2.82. The summed E-state index contributed by atoms with van der Waals surface area (Å²) in [5.41, 5.74) is 2.03. The van der Waals surface area contributed by atoms with Gasteiger partial charge in [-0.25, -0.2) is 0 Å². The van der Waals surface area contributed by atoms with Crippen LogP contribution in [0.25, 0.3) is 0 Å². The minimum Gasteiger partial charge on any atom is -0.467 e. The smallest absolute Gasteiger partial charge is 0.250 e. The SMILES string of the molecule is COCC(=O)Nc1ccc(N(C)C)c(CN(Cc2ccco2)C(=O)C(C)(C)C)c1. The minimum absolute atomic E-state index is 0.0160. The number of hydrogen-bond donors (Lipinski definition) is 1. The Morgan fingerprint density at radius 1 is 1.14 bits per heavy atom. The van der Waals surface area contributed by atoms with Gasteiger partial charge in [-0.3, -0.25) is 9.59 Å². The second-order valence-corrected chi connectivity index (χ2v) is 8.21. The molecule has 0 saturated carbocycles. The van der Waals surface area contributed by atoms with Crippen LogP contribution in [0, 0.1) is 5.41 Å². The van der Waals surface area contributed by atoms with Crippen LogP contribution in [0.4, 0.5) is 11.4 Å². The lowest BCUT2D eigenvalue weighted by atomic mass is 9.94. The van der Waals surface area contributed by atoms with Crippen molar-refractivity contribution in [3.8, 4) is 0 Å². The van der Waals surface area contributed by atoms with E-state index >= 15 is 0 Å². The monoisotopic (exact) mass is 401 g/mol. The molecule has 1 heterocycles. The van der Waals surface area contributed by atoms with E-state index in [1.807, 2.05) is 70.1 Å². The van der Waals surface area contributed by atoms with Crippen LogP contribution in [0.15, 0.2) is 41.0 Å². The Kier molecular flexibility index (Phi) is 7.45. The highest BCUT2D eigenvalue weighted by Crippen LogP contribution is 2.27. The van der Waals surface area contributed by atoms with Crippen LogP contribution in [0.5, 0.6) is 0 Å². The van der Waals surface area contributed by atoms with Gasteiger partial charge in [0.15, 0.2) is 0 Å². The van der Waals surface area contributed by atoms with Crippen molar-refractivity contribution in [2.45, 2.75) is 33.9 Å². The van der Waals surface area contributed by atoms with Crippen LogP contribution in [0.2, 0.25) is 0 Å². The molecule has 0 atom stereocenters. The van der Waals surface area contributed by atoms with Crippen molar-refractivity contribution in [1.29, 1.82) is 0 Å². The zero-order valence-corrected chi connectivity index (χ0v) is 18.1. The Labute approximate surface area is 172 Å². The van der Waals surface area contributed by atoms with Gasteiger partial charge in [0, 0.05) is 44.5 Å². The molecule has 2 rings (SSSR count). The van der Waals surface area contributed by atoms with Crippen LogP contribution >= 0.6 is 0 Å². The maximum atomic E-state index is 13.1. The Balaban J connectivity index is 2.36. The Morgan fingerprint density at radius 2 is 1.86 bits per heavy atom. The Bertz CT molecular complexity index is 823. The molecule has 1 aromatic carbocycles. The molecule has 1 N–H and O–H groups in total. The third kappa shape index (κ3) is 6.35. The van der Waals surface area contributed by atoms with E-state index in [9.17, 15) is 9.59 Å². The first-order valence-corrected chi connectivity index (χ1v) is 9.52. The Morgan fingerprint density at radius 3 is 2.41 bits per heavy atom. The van der Waals surface area contributed by atoms with Gasteiger partial charge in [-0.1, -0.05) is 20.8 Å². The molecule has 0 fully saturated rings. The third-order valence-corrected chi connectivity index (χ3v) is 4.34. The molecule has 7 nitrogen and oxygen atoms in total. The lowest BCUT2D eigenvalue weighted by Gasteiger charge is -2.30. The molecule has 2 amide bonds. The molecule has 7 heteroatoms. The summed E-state index contributed by atoms with van der Waals surface area (Å²) < 4.78 is 10.3. The van der Waals surface area contributed by atoms with E-state index in [-0.39, 0.29) is 18.4 Å². The van der Waals surface area contributed by atoms with Crippen LogP contribution in [0.3, 0.4) is 0 Å². The molecule has 0 unspecified atom stereocenters. The second-order valence-electron chi connectivity index (χ2n) is 8.21. The summed E-state index contributed by atoms with van der Waals surface area (Å²) in [6.07, 6.45) is 1.60. The maximum Gasteiger partial charge on any atom is 0.250 e. The van der Waals surface area contributed by atoms with Crippen molar-refractivity contribution in [2.75, 3.05) is 38.0 Å². The fraction of sp³-hybridized carbons (Fsp3) is 0.455. The molecule has 0 aliphatic heterocycles. The van der Waals surface area contributed by atoms with Crippen molar-refractivity contribution in [3.63, 3.8) is 0 Å². The molecule has 158 valence electrons. The van der Waals surface area contributed by atoms with Crippen molar-refractivity contribution in [2.24, 2.45) is 5.41 Å². The maximum absolute atomic E-state index is 13.1. The molecular weight excluding hydrogens is 370 g/mol. The van der Waals surface area contributed by atoms with E-state index < -0.39 is 5.41 Å². The first-order valence-electron chi connectivity index (χ1n) is 9.52. The van der Waals surface area contributed by atoms with E-state index in [4.69, 9.17) is 9.15 Å². The number of rotatable bonds is 8. The molecule has 29 heavy (non-hydrogen) atoms. The van der Waals surface area contributed by atoms with Gasteiger partial charge in [-0.15, -0.1) is 0 Å². The van der Waals surface area contributed by atoms with Gasteiger partial charge in [0.2, 0.25) is 11.8 Å². The van der Waals surface area contributed by atoms with E-state index in [2.05, 4.69) is 5.32 Å². The van der Waals surface area contributed by atoms with Gasteiger partial charge in [0.1, 0.15) is 12.4 Å². The number of anilines is 2. The summed E-state index contributed by atoms with van der Waals surface area (Å²) in [7, 11) is 5.37. The summed E-state index contributed by atoms with van der Waals surface area (Å²) in [6, 6.07) is 9.34. The molecule has 1 aromatic heterocycles. The molecular formula is C22H31N3O4. The van der Waals surface area contributed by atoms with Crippen LogP contribution < -0.4 is 10.2 Å². The first-order chi connectivity index (χ1) is 13.6. The number of nitrogens with one attached hydrogen (secondary N) is 1. The summed E-state index contributed by atoms with van der Waals surface area (Å²) in [6.45, 7) is 6.45. The molecule has 2 aromatic rings. The minimum atomic E-state index is -0.533. The van der Waals surface area contributed by atoms with Crippen molar-refractivity contribution in [1.82, 2.24) is 4.90 Å². The number of ether oxygens (including phenoxy) is 1. The van der Waals surface area contributed by atoms with E-state index in [0.29, 0.717) is 18.8 Å². The largest absolute Gasteiger partial charge is 0.467 e. The van der Waals surface area contributed by atoms with Gasteiger partial charge >= 0.3 is 0 Å². The van der Waals surface area contributed by atoms with Crippen LogP contribution in [-0.4, -0.2) is 44.5 Å². The lowest BCUT2D eigenvalue weighted by Crippen LogP contribution is -2.38. The first kappa shape index (κ1) is 22.5. The molecule has 0 aliphatic carbocycles. The van der Waals surface area contributed by atoms with Crippen LogP contribution in [-0.2, 0) is 27.4 Å². The fourth-order valence-electron chi connectivity index (χ4n) is 3.02. The van der Waals surface area contributed by atoms with E-state index in [1.54, 1.807) is 11.2 Å². The quantitative estimate of drug-likeness (QED) is 0.733. The summed E-state index contributed by atoms with van der Waals surface area (Å²) in [4.78, 5) is 28.8. The average Bonchev–Trinajstić information content (AvgIpc) is 3.13. The highest BCUT2D eigenvalue weighted by Gasteiger charge is 2.28. The zero-order valence-electron chi connectivity index (χ0n) is 18.1. The number of carbonyl (C=O) groups excluding carboxylic acids is 2. The number of hydrogen-bond acceptors (Lipinski definition) is 5. The number of furan rings is 1. The standard InChI is InChI=1S/C22H31N3O4/c1-22(2,3)21(27)25(14-18-8-7-11-29-18)13-16-12-17(23-20(26)15-28-6)9-10-19(16)24(4)5/h7-12H,13-15H2,1-6H3,(H,23,26). The van der Waals surface area contributed by atoms with Crippen molar-refractivity contribution in [3.05, 3.63) is 47.9 Å². The number of carbonyl (C=O) groups is 2. The molecule has 0 radical (unpaired) electrons. The lowest BCUT2D eigenvalue weighted by molar-refractivity contribution is -0.141. The average molecular weight is 402 g/mol. The summed E-state index contributed by atoms with van der Waals surface area (Å²) >= 11 is 0. The van der Waals surface area contributed by atoms with Gasteiger partial charge < -0.3 is 24.3 Å². The van der Waals surface area contributed by atoms with Crippen molar-refractivity contribution >= 4 is 23.2 Å². The van der Waals surface area contributed by atoms with Crippen molar-refractivity contribution < 1.29 is 18.7 Å². The molecule has 0 spiro atoms. The van der Waals surface area contributed by atoms with Gasteiger partial charge in [-0.2, -0.15) is 0 Å². The van der Waals surface area contributed by atoms with Gasteiger partial charge in [0.25, 0.3) is 0 Å². The topological polar surface area (TPSA) is 75.0 Å². The number of benzene rings is 1. The highest BCUT2D eigenvalue weighted by molar-refractivity contribution is 5.92. The predicted octanol–water partition coefficient (Wildman–Crippen LogP) is 3.51. The van der Waals surface area contributed by atoms with E-state index in [1.165, 1.54) is 7.11 Å². The van der Waals surface area contributed by atoms with E-state index in [0.717, 1.165) is 17.0 Å². The normalized spacial score (nSPS) is 11.2. The summed E-state index contributed by atoms with van der Waals surface area (Å²) in [5.74, 6) is 0.514. The highest BCUT2D eigenvalue weighted by atomic mass is 16.5. The third-order valence-electron chi connectivity index (χ3n) is 4.34.